The Balaban J connectivity index is 2.02. The molecule has 0 saturated carbocycles. The van der Waals surface area contributed by atoms with Gasteiger partial charge in [-0.2, -0.15) is 5.26 Å². The zero-order valence-corrected chi connectivity index (χ0v) is 21.5. The fourth-order valence-electron chi connectivity index (χ4n) is 5.62. The lowest BCUT2D eigenvalue weighted by atomic mass is 10.1. The SMILES string of the molecule is CC(C)[Si](Oc1cc2c(cc1C#N)c1cccc3c1n2C=CC(C)(C)O3)(C(C)C)C(C)C. The van der Waals surface area contributed by atoms with Gasteiger partial charge in [-0.3, -0.25) is 0 Å². The van der Waals surface area contributed by atoms with Crippen molar-refractivity contribution < 1.29 is 9.16 Å². The third-order valence-electron chi connectivity index (χ3n) is 7.00. The molecule has 4 rings (SSSR count). The van der Waals surface area contributed by atoms with Crippen LogP contribution in [0.15, 0.2) is 36.4 Å². The van der Waals surface area contributed by atoms with E-state index < -0.39 is 13.9 Å². The van der Waals surface area contributed by atoms with Crippen LogP contribution in [0.4, 0.5) is 0 Å². The summed E-state index contributed by atoms with van der Waals surface area (Å²) in [5.41, 5.74) is 3.56. The zero-order chi connectivity index (χ0) is 23.4. The van der Waals surface area contributed by atoms with Crippen molar-refractivity contribution in [1.82, 2.24) is 4.57 Å². The van der Waals surface area contributed by atoms with E-state index in [1.54, 1.807) is 0 Å². The second-order valence-electron chi connectivity index (χ2n) is 10.4. The third kappa shape index (κ3) is 3.33. The van der Waals surface area contributed by atoms with E-state index >= 15 is 0 Å². The Morgan fingerprint density at radius 2 is 1.66 bits per heavy atom. The molecule has 0 N–H and O–H groups in total. The summed E-state index contributed by atoms with van der Waals surface area (Å²) in [5.74, 6) is 1.56. The number of hydrogen-bond acceptors (Lipinski definition) is 3. The lowest BCUT2D eigenvalue weighted by Crippen LogP contribution is -2.50. The van der Waals surface area contributed by atoms with Crippen LogP contribution in [-0.2, 0) is 0 Å². The van der Waals surface area contributed by atoms with Crippen LogP contribution >= 0.6 is 0 Å². The summed E-state index contributed by atoms with van der Waals surface area (Å²) < 4.78 is 15.5. The lowest BCUT2D eigenvalue weighted by Gasteiger charge is -2.42. The van der Waals surface area contributed by atoms with E-state index in [2.05, 4.69) is 90.4 Å². The minimum atomic E-state index is -2.20. The molecule has 1 aliphatic heterocycles. The van der Waals surface area contributed by atoms with Gasteiger partial charge in [0, 0.05) is 23.0 Å². The van der Waals surface area contributed by atoms with Gasteiger partial charge in [0.05, 0.1) is 16.6 Å². The first-order valence-corrected chi connectivity index (χ1v) is 13.7. The third-order valence-corrected chi connectivity index (χ3v) is 13.0. The van der Waals surface area contributed by atoms with Crippen molar-refractivity contribution in [2.45, 2.75) is 77.6 Å². The second kappa shape index (κ2) is 7.70. The fourth-order valence-corrected chi connectivity index (χ4v) is 10.9. The Morgan fingerprint density at radius 3 is 2.25 bits per heavy atom. The fraction of sp³-hybridized carbons (Fsp3) is 0.444. The molecule has 5 heteroatoms. The topological polar surface area (TPSA) is 47.2 Å². The van der Waals surface area contributed by atoms with Gasteiger partial charge in [-0.15, -0.1) is 0 Å². The van der Waals surface area contributed by atoms with Crippen molar-refractivity contribution in [2.24, 2.45) is 0 Å². The van der Waals surface area contributed by atoms with Crippen molar-refractivity contribution in [1.29, 1.82) is 5.26 Å². The van der Waals surface area contributed by atoms with Gasteiger partial charge in [0.1, 0.15) is 23.2 Å². The molecule has 0 fully saturated rings. The molecular formula is C27H34N2O2Si. The maximum absolute atomic E-state index is 10.0. The highest BCUT2D eigenvalue weighted by Gasteiger charge is 2.47. The Morgan fingerprint density at radius 1 is 1.00 bits per heavy atom. The van der Waals surface area contributed by atoms with E-state index in [9.17, 15) is 5.26 Å². The van der Waals surface area contributed by atoms with Crippen LogP contribution in [0.25, 0.3) is 28.0 Å². The minimum absolute atomic E-state index is 0.402. The molecule has 0 bridgehead atoms. The number of aromatic nitrogens is 1. The van der Waals surface area contributed by atoms with Crippen molar-refractivity contribution in [2.75, 3.05) is 0 Å². The Labute approximate surface area is 192 Å². The van der Waals surface area contributed by atoms with Crippen molar-refractivity contribution >= 4 is 36.3 Å². The first kappa shape index (κ1) is 22.5. The molecule has 4 nitrogen and oxygen atoms in total. The molecule has 2 heterocycles. The molecule has 32 heavy (non-hydrogen) atoms. The molecule has 0 radical (unpaired) electrons. The molecule has 3 aromatic rings. The monoisotopic (exact) mass is 446 g/mol. The Bertz CT molecular complexity index is 1240. The summed E-state index contributed by atoms with van der Waals surface area (Å²) in [4.78, 5) is 0. The van der Waals surface area contributed by atoms with Gasteiger partial charge in [-0.05, 0) is 48.7 Å². The largest absolute Gasteiger partial charge is 0.542 e. The quantitative estimate of drug-likeness (QED) is 0.375. The van der Waals surface area contributed by atoms with E-state index in [0.29, 0.717) is 27.9 Å². The van der Waals surface area contributed by atoms with Crippen LogP contribution in [0.3, 0.4) is 0 Å². The smallest absolute Gasteiger partial charge is 0.258 e. The number of benzene rings is 2. The lowest BCUT2D eigenvalue weighted by molar-refractivity contribution is 0.166. The van der Waals surface area contributed by atoms with Crippen LogP contribution in [0.2, 0.25) is 16.6 Å². The van der Waals surface area contributed by atoms with E-state index in [1.807, 2.05) is 18.2 Å². The number of para-hydroxylation sites is 1. The summed E-state index contributed by atoms with van der Waals surface area (Å²) in [6.45, 7) is 17.7. The normalized spacial score (nSPS) is 15.4. The predicted octanol–water partition coefficient (Wildman–Crippen LogP) is 7.86. The second-order valence-corrected chi connectivity index (χ2v) is 15.8. The van der Waals surface area contributed by atoms with Crippen molar-refractivity contribution in [3.63, 3.8) is 0 Å². The van der Waals surface area contributed by atoms with Gasteiger partial charge in [0.25, 0.3) is 8.32 Å². The molecule has 0 unspecified atom stereocenters. The number of nitrogens with zero attached hydrogens (tertiary/aromatic N) is 2. The van der Waals surface area contributed by atoms with Crippen LogP contribution in [0.5, 0.6) is 11.5 Å². The number of nitriles is 1. The number of fused-ring (bicyclic) bond motifs is 3. The molecule has 0 saturated heterocycles. The summed E-state index contributed by atoms with van der Waals surface area (Å²) in [6.07, 6.45) is 4.18. The average molecular weight is 447 g/mol. The highest BCUT2D eigenvalue weighted by molar-refractivity contribution is 6.78. The highest BCUT2D eigenvalue weighted by Crippen LogP contribution is 2.45. The molecule has 1 aromatic heterocycles. The molecule has 1 aliphatic rings. The van der Waals surface area contributed by atoms with Gasteiger partial charge in [-0.25, -0.2) is 0 Å². The molecular weight excluding hydrogens is 412 g/mol. The zero-order valence-electron chi connectivity index (χ0n) is 20.5. The van der Waals surface area contributed by atoms with E-state index in [-0.39, 0.29) is 0 Å². The van der Waals surface area contributed by atoms with Crippen molar-refractivity contribution in [3.8, 4) is 17.6 Å². The molecule has 0 atom stereocenters. The summed E-state index contributed by atoms with van der Waals surface area (Å²) in [7, 11) is -2.20. The summed E-state index contributed by atoms with van der Waals surface area (Å²) in [5, 5.41) is 12.2. The van der Waals surface area contributed by atoms with Gasteiger partial charge < -0.3 is 13.7 Å². The first-order chi connectivity index (χ1) is 15.0. The van der Waals surface area contributed by atoms with Crippen LogP contribution in [0.1, 0.15) is 61.0 Å². The van der Waals surface area contributed by atoms with Gasteiger partial charge in [-0.1, -0.05) is 53.7 Å². The van der Waals surface area contributed by atoms with Crippen molar-refractivity contribution in [3.05, 3.63) is 42.0 Å². The predicted molar refractivity (Wildman–Crippen MR) is 136 cm³/mol. The van der Waals surface area contributed by atoms with E-state index in [0.717, 1.165) is 27.6 Å². The maximum Gasteiger partial charge on any atom is 0.258 e. The molecule has 2 aromatic carbocycles. The Kier molecular flexibility index (Phi) is 5.41. The molecule has 0 amide bonds. The van der Waals surface area contributed by atoms with E-state index in [1.165, 1.54) is 0 Å². The molecule has 168 valence electrons. The Hall–Kier alpha value is -2.71. The van der Waals surface area contributed by atoms with Gasteiger partial charge in [0.15, 0.2) is 0 Å². The van der Waals surface area contributed by atoms with E-state index in [4.69, 9.17) is 9.16 Å². The van der Waals surface area contributed by atoms with Gasteiger partial charge >= 0.3 is 0 Å². The minimum Gasteiger partial charge on any atom is -0.542 e. The first-order valence-electron chi connectivity index (χ1n) is 11.6. The number of ether oxygens (including phenoxy) is 1. The standard InChI is InChI=1S/C27H34N2O2Si/c1-17(2)32(18(3)4,19(5)6)31-25-15-23-22(14-20(25)16-28)21-10-9-11-24-26(21)29(23)13-12-27(7,8)30-24/h9-15,17-19H,1-8H3. The van der Waals surface area contributed by atoms with Crippen LogP contribution < -0.4 is 9.16 Å². The summed E-state index contributed by atoms with van der Waals surface area (Å²) in [6, 6.07) is 12.6. The van der Waals surface area contributed by atoms with Gasteiger partial charge in [0.2, 0.25) is 0 Å². The van der Waals surface area contributed by atoms with Crippen LogP contribution in [-0.4, -0.2) is 18.5 Å². The maximum atomic E-state index is 10.0. The average Bonchev–Trinajstić information content (AvgIpc) is 2.93. The molecule has 0 spiro atoms. The molecule has 0 aliphatic carbocycles. The summed E-state index contributed by atoms with van der Waals surface area (Å²) >= 11 is 0. The number of hydrogen-bond donors (Lipinski definition) is 0. The van der Waals surface area contributed by atoms with Crippen LogP contribution in [0, 0.1) is 11.3 Å². The highest BCUT2D eigenvalue weighted by atomic mass is 28.4. The number of rotatable bonds is 5.